The Morgan fingerprint density at radius 3 is 2.40 bits per heavy atom. The minimum atomic E-state index is -1.85. The van der Waals surface area contributed by atoms with Gasteiger partial charge in [-0.3, -0.25) is 14.2 Å². The molecule has 340 valence electrons. The highest BCUT2D eigenvalue weighted by molar-refractivity contribution is 8.77. The van der Waals surface area contributed by atoms with Crippen molar-refractivity contribution in [1.29, 1.82) is 1.43 Å². The van der Waals surface area contributed by atoms with Crippen LogP contribution in [0.1, 0.15) is 88.3 Å². The van der Waals surface area contributed by atoms with Gasteiger partial charge in [0.05, 0.1) is 19.3 Å². The number of aliphatic hydroxyl groups excluding tert-OH is 1. The lowest BCUT2D eigenvalue weighted by Crippen LogP contribution is -2.38. The summed E-state index contributed by atoms with van der Waals surface area (Å²) in [5, 5.41) is 8.73. The minimum absolute atomic E-state index is 0.0236. The van der Waals surface area contributed by atoms with Gasteiger partial charge in [-0.1, -0.05) is 63.9 Å². The van der Waals surface area contributed by atoms with Crippen LogP contribution in [0.4, 0.5) is 10.2 Å². The van der Waals surface area contributed by atoms with E-state index in [-0.39, 0.29) is 55.2 Å². The molecule has 3 aromatic rings. The van der Waals surface area contributed by atoms with Crippen molar-refractivity contribution in [2.75, 3.05) is 32.2 Å². The van der Waals surface area contributed by atoms with E-state index in [0.717, 1.165) is 15.0 Å². The van der Waals surface area contributed by atoms with Crippen molar-refractivity contribution in [2.24, 2.45) is 0 Å². The molecule has 3 N–H and O–H groups in total. The summed E-state index contributed by atoms with van der Waals surface area (Å²) < 4.78 is 57.5. The predicted molar refractivity (Wildman–Crippen MR) is 249 cm³/mol. The van der Waals surface area contributed by atoms with Crippen LogP contribution in [0.25, 0.3) is 0 Å². The van der Waals surface area contributed by atoms with Gasteiger partial charge in [0.15, 0.2) is 19.0 Å². The van der Waals surface area contributed by atoms with E-state index in [2.05, 4.69) is 58.4 Å². The monoisotopic (exact) mass is 918 g/mol. The Bertz CT molecular complexity index is 2010. The number of hydrogen-bond acceptors (Lipinski definition) is 12. The molecule has 2 aromatic carbocycles. The highest BCUT2D eigenvalue weighted by Crippen LogP contribution is 2.51. The Morgan fingerprint density at radius 2 is 1.79 bits per heavy atom. The first-order valence-corrected chi connectivity index (χ1v) is 23.3. The van der Waals surface area contributed by atoms with Crippen LogP contribution >= 0.6 is 30.1 Å². The fraction of sp³-hybridized carbons (Fsp3) is 0.511. The molecule has 13 nitrogen and oxygen atoms in total. The van der Waals surface area contributed by atoms with Gasteiger partial charge < -0.3 is 34.3 Å². The summed E-state index contributed by atoms with van der Waals surface area (Å²) in [4.78, 5) is 42.7. The van der Waals surface area contributed by atoms with E-state index in [0.29, 0.717) is 25.0 Å². The summed E-state index contributed by atoms with van der Waals surface area (Å²) >= 11 is 0. The SMILES string of the molecule is CC#CC.[2H]C[C@H]1O[C@@H](n2ccc(NC(=O)COc3ccccc3)nc2=O)[C@@H](F)C1OP(OCCc1ccccc1SSC(C)(C)CCC(=O)NCC#C)N(C(C)C)C(C)C.[3H]OC. The lowest BCUT2D eigenvalue weighted by atomic mass is 10.1. The van der Waals surface area contributed by atoms with Gasteiger partial charge >= 0.3 is 5.69 Å². The van der Waals surface area contributed by atoms with Gasteiger partial charge in [-0.15, -0.1) is 18.3 Å². The van der Waals surface area contributed by atoms with E-state index in [9.17, 15) is 14.4 Å². The number of anilines is 1. The zero-order chi connectivity index (χ0) is 47.7. The van der Waals surface area contributed by atoms with E-state index in [1.165, 1.54) is 19.4 Å². The highest BCUT2D eigenvalue weighted by Gasteiger charge is 2.48. The number of benzene rings is 2. The molecule has 1 fully saturated rings. The zero-order valence-corrected chi connectivity index (χ0v) is 39.6. The summed E-state index contributed by atoms with van der Waals surface area (Å²) in [6.45, 7) is 15.8. The fourth-order valence-corrected chi connectivity index (χ4v) is 10.0. The number of nitrogens with one attached hydrogen (secondary N) is 2. The molecule has 0 saturated carbocycles. The molecule has 1 saturated heterocycles. The average Bonchev–Trinajstić information content (AvgIpc) is 3.58. The maximum Gasteiger partial charge on any atom is 0.351 e. The Morgan fingerprint density at radius 1 is 1.13 bits per heavy atom. The molecule has 2 heterocycles. The number of carbonyl (C=O) groups excluding carboxylic acids is 2. The largest absolute Gasteiger partial charge is 0.484 e. The lowest BCUT2D eigenvalue weighted by Gasteiger charge is -2.37. The van der Waals surface area contributed by atoms with Gasteiger partial charge in [0.25, 0.3) is 14.4 Å². The van der Waals surface area contributed by atoms with Gasteiger partial charge in [0.2, 0.25) is 7.34 Å². The van der Waals surface area contributed by atoms with Crippen molar-refractivity contribution in [1.82, 2.24) is 19.5 Å². The first-order valence-electron chi connectivity index (χ1n) is 21.2. The zero-order valence-electron chi connectivity index (χ0n) is 39.1. The normalized spacial score (nSPS) is 17.8. The Hall–Kier alpha value is -3.96. The molecule has 0 spiro atoms. The second kappa shape index (κ2) is 28.7. The Balaban J connectivity index is 0.00000188. The van der Waals surface area contributed by atoms with Crippen molar-refractivity contribution in [3.8, 4) is 29.9 Å². The number of aliphatic hydroxyl groups is 1. The summed E-state index contributed by atoms with van der Waals surface area (Å²) in [7, 11) is 2.78. The molecule has 4 rings (SSSR count). The van der Waals surface area contributed by atoms with Gasteiger partial charge in [-0.2, -0.15) is 4.98 Å². The van der Waals surface area contributed by atoms with E-state index < -0.39 is 44.7 Å². The summed E-state index contributed by atoms with van der Waals surface area (Å²) in [5.74, 6) is 7.67. The number of ether oxygens (including phenoxy) is 2. The summed E-state index contributed by atoms with van der Waals surface area (Å²) in [5.41, 5.74) is 0.224. The third-order valence-corrected chi connectivity index (χ3v) is 14.3. The maximum atomic E-state index is 16.4. The van der Waals surface area contributed by atoms with Crippen molar-refractivity contribution in [2.45, 2.75) is 128 Å². The number of terminal acetylenes is 1. The molecule has 0 bridgehead atoms. The number of halogens is 1. The van der Waals surface area contributed by atoms with Gasteiger partial charge in [0.1, 0.15) is 17.7 Å². The number of carbonyl (C=O) groups is 2. The van der Waals surface area contributed by atoms with Crippen molar-refractivity contribution < 1.29 is 39.0 Å². The number of hydrogen-bond donors (Lipinski definition) is 3. The molecule has 1 aliphatic rings. The topological polar surface area (TPSA) is 153 Å². The van der Waals surface area contributed by atoms with E-state index in [1.54, 1.807) is 45.9 Å². The first-order chi connectivity index (χ1) is 30.6. The third-order valence-electron chi connectivity index (χ3n) is 8.70. The molecule has 1 aromatic heterocycles. The van der Waals surface area contributed by atoms with Crippen molar-refractivity contribution in [3.63, 3.8) is 0 Å². The van der Waals surface area contributed by atoms with Gasteiger partial charge in [-0.05, 0) is 105 Å². The number of aromatic nitrogens is 2. The molecule has 17 heteroatoms. The van der Waals surface area contributed by atoms with Crippen LogP contribution < -0.4 is 21.1 Å². The van der Waals surface area contributed by atoms with Crippen molar-refractivity contribution >= 4 is 47.7 Å². The Labute approximate surface area is 379 Å². The molecule has 0 radical (unpaired) electrons. The van der Waals surface area contributed by atoms with Crippen LogP contribution in [-0.2, 0) is 29.8 Å². The molecular formula is C45H63FN5O8PS2. The molecule has 1 aliphatic heterocycles. The first kappa shape index (κ1) is 50.7. The number of alkyl halides is 1. The number of nitrogens with zero attached hydrogens (tertiary/aromatic N) is 3. The number of para-hydroxylation sites is 1. The lowest BCUT2D eigenvalue weighted by molar-refractivity contribution is -0.121. The van der Waals surface area contributed by atoms with E-state index in [4.69, 9.17) is 27.7 Å². The van der Waals surface area contributed by atoms with E-state index >= 15 is 4.39 Å². The standard InChI is InChI=1S/C40H53FN5O7PS2.C4H6.CH4O/c1-9-23-42-34(47)19-22-40(7,8)56-55-32-18-14-13-15-30(32)21-25-51-54(46(27(2)3)28(4)5)53-37-29(6)52-38(36(37)41)45-24-20-33(44-39(45)49)43-35(48)26-50-31-16-11-10-12-17-31;1-3-4-2;1-2/h1,10-18,20,24,27-29,36-38H,19,21-23,25-26H2,2-8H3,(H,42,47)(H,43,44,48,49);1-2H3;2H,1H3/t29-,36+,37?,38-,54?;;/m1../s1/i6D;;2T. The van der Waals surface area contributed by atoms with Gasteiger partial charge in [0, 0.05) is 42.8 Å². The van der Waals surface area contributed by atoms with E-state index in [1.807, 2.05) is 70.5 Å². The average molecular weight is 919 g/mol. The van der Waals surface area contributed by atoms with Crippen molar-refractivity contribution in [3.05, 3.63) is 82.9 Å². The third kappa shape index (κ3) is 18.4. The number of rotatable bonds is 21. The van der Waals surface area contributed by atoms with Crippen LogP contribution in [0, 0.1) is 24.2 Å². The number of amides is 2. The minimum Gasteiger partial charge on any atom is -0.484 e. The molecule has 2 unspecified atom stereocenters. The van der Waals surface area contributed by atoms with Crippen LogP contribution in [0.15, 0.2) is 76.6 Å². The fourth-order valence-electron chi connectivity index (χ4n) is 5.67. The van der Waals surface area contributed by atoms with Crippen LogP contribution in [0.3, 0.4) is 0 Å². The van der Waals surface area contributed by atoms with Crippen LogP contribution in [0.2, 0.25) is 0 Å². The summed E-state index contributed by atoms with van der Waals surface area (Å²) in [6.07, 6.45) is 2.69. The second-order valence-corrected chi connectivity index (χ2v) is 18.9. The molecular weight excluding hydrogens is 853 g/mol. The summed E-state index contributed by atoms with van der Waals surface area (Å²) in [6, 6.07) is 18.2. The Kier molecular flexibility index (Phi) is 23.4. The second-order valence-electron chi connectivity index (χ2n) is 14.6. The van der Waals surface area contributed by atoms with Crippen LogP contribution in [-0.4, -0.2) is 94.7 Å². The van der Waals surface area contributed by atoms with Gasteiger partial charge in [-0.25, -0.2) is 13.9 Å². The highest BCUT2D eigenvalue weighted by atomic mass is 33.1. The quantitative estimate of drug-likeness (QED) is 0.0537. The molecule has 2 amide bonds. The molecule has 62 heavy (non-hydrogen) atoms. The smallest absolute Gasteiger partial charge is 0.351 e. The predicted octanol–water partition coefficient (Wildman–Crippen LogP) is 8.19. The maximum absolute atomic E-state index is 16.4. The molecule has 5 atom stereocenters. The van der Waals surface area contributed by atoms with Crippen LogP contribution in [0.5, 0.6) is 5.75 Å². The molecule has 0 aliphatic carbocycles.